The fraction of sp³-hybridized carbons (Fsp3) is 0.333. The molecule has 2 atom stereocenters. The van der Waals surface area contributed by atoms with Gasteiger partial charge in [-0.3, -0.25) is 9.78 Å². The van der Waals surface area contributed by atoms with Crippen LogP contribution in [0.2, 0.25) is 0 Å². The molecule has 1 saturated heterocycles. The van der Waals surface area contributed by atoms with Crippen LogP contribution in [0.4, 0.5) is 16.4 Å². The van der Waals surface area contributed by atoms with E-state index >= 15 is 0 Å². The lowest BCUT2D eigenvalue weighted by Gasteiger charge is -2.22. The number of urea groups is 1. The van der Waals surface area contributed by atoms with Crippen LogP contribution < -0.4 is 21.3 Å². The molecule has 0 radical (unpaired) electrons. The van der Waals surface area contributed by atoms with Crippen LogP contribution in [-0.4, -0.2) is 76.5 Å². The summed E-state index contributed by atoms with van der Waals surface area (Å²) < 4.78 is 0. The zero-order valence-electron chi connectivity index (χ0n) is 23.5. The number of carbonyl (C=O) groups excluding carboxylic acids is 2. The Hall–Kier alpha value is -4.80. The Balaban J connectivity index is 1.20. The van der Waals surface area contributed by atoms with Gasteiger partial charge < -0.3 is 26.2 Å². The van der Waals surface area contributed by atoms with Gasteiger partial charge in [0.1, 0.15) is 18.0 Å². The summed E-state index contributed by atoms with van der Waals surface area (Å²) in [5.41, 5.74) is 4.24. The molecule has 41 heavy (non-hydrogen) atoms. The molecule has 5 rings (SSSR count). The van der Waals surface area contributed by atoms with Gasteiger partial charge in [0.25, 0.3) is 5.91 Å². The quantitative estimate of drug-likeness (QED) is 0.221. The van der Waals surface area contributed by atoms with Crippen LogP contribution in [0.1, 0.15) is 35.7 Å². The van der Waals surface area contributed by atoms with Crippen molar-refractivity contribution in [3.8, 4) is 11.3 Å². The molecule has 1 aromatic carbocycles. The van der Waals surface area contributed by atoms with Gasteiger partial charge in [0.2, 0.25) is 0 Å². The normalized spacial score (nSPS) is 14.4. The average molecular weight is 554 g/mol. The van der Waals surface area contributed by atoms with Crippen LogP contribution in [0.25, 0.3) is 22.2 Å². The molecule has 1 unspecified atom stereocenters. The number of amides is 3. The molecule has 11 heteroatoms. The van der Waals surface area contributed by atoms with E-state index in [1.807, 2.05) is 30.3 Å². The minimum atomic E-state index is -0.120. The number of hydrogen-bond donors (Lipinski definition) is 4. The number of pyridine rings is 2. The fourth-order valence-corrected chi connectivity index (χ4v) is 4.95. The van der Waals surface area contributed by atoms with E-state index in [-0.39, 0.29) is 23.8 Å². The minimum absolute atomic E-state index is 0.0193. The lowest BCUT2D eigenvalue weighted by atomic mass is 9.87. The van der Waals surface area contributed by atoms with Crippen LogP contribution in [0.3, 0.4) is 0 Å². The molecule has 0 spiro atoms. The molecule has 4 N–H and O–H groups in total. The minimum Gasteiger partial charge on any atom is -0.370 e. The first-order chi connectivity index (χ1) is 19.9. The zero-order valence-corrected chi connectivity index (χ0v) is 23.5. The largest absolute Gasteiger partial charge is 0.370 e. The summed E-state index contributed by atoms with van der Waals surface area (Å²) in [7, 11) is 1.64. The van der Waals surface area contributed by atoms with Gasteiger partial charge in [-0.05, 0) is 35.6 Å². The SMILES string of the molecule is CNC(=O)c1ccnc2c([C@H](C)C(C)CNc3cc(-c4ccc(NCCN5CCNC5=O)nc4)ncn3)cccc12. The maximum absolute atomic E-state index is 12.4. The summed E-state index contributed by atoms with van der Waals surface area (Å²) in [6.07, 6.45) is 5.02. The Morgan fingerprint density at radius 1 is 1.05 bits per heavy atom. The Bertz CT molecular complexity index is 1530. The molecule has 0 bridgehead atoms. The molecular formula is C30H35N9O2. The van der Waals surface area contributed by atoms with Crippen LogP contribution in [-0.2, 0) is 0 Å². The highest BCUT2D eigenvalue weighted by Crippen LogP contribution is 2.31. The molecule has 0 saturated carbocycles. The number of rotatable bonds is 11. The Morgan fingerprint density at radius 2 is 1.93 bits per heavy atom. The number of anilines is 2. The van der Waals surface area contributed by atoms with Gasteiger partial charge in [-0.2, -0.15) is 0 Å². The number of para-hydroxylation sites is 1. The molecule has 11 nitrogen and oxygen atoms in total. The fourth-order valence-electron chi connectivity index (χ4n) is 4.95. The van der Waals surface area contributed by atoms with E-state index in [0.717, 1.165) is 45.9 Å². The van der Waals surface area contributed by atoms with E-state index in [1.165, 1.54) is 0 Å². The molecule has 1 aliphatic rings. The second-order valence-corrected chi connectivity index (χ2v) is 10.2. The molecule has 3 amide bonds. The Morgan fingerprint density at radius 3 is 2.68 bits per heavy atom. The molecule has 212 valence electrons. The summed E-state index contributed by atoms with van der Waals surface area (Å²) in [6.45, 7) is 7.74. The summed E-state index contributed by atoms with van der Waals surface area (Å²) in [6, 6.07) is 13.5. The highest BCUT2D eigenvalue weighted by Gasteiger charge is 2.20. The van der Waals surface area contributed by atoms with Crippen molar-refractivity contribution in [1.29, 1.82) is 0 Å². The molecule has 0 aliphatic carbocycles. The van der Waals surface area contributed by atoms with Crippen molar-refractivity contribution in [3.05, 3.63) is 72.3 Å². The third-order valence-electron chi connectivity index (χ3n) is 7.58. The Kier molecular flexibility index (Phi) is 8.52. The van der Waals surface area contributed by atoms with Gasteiger partial charge in [-0.1, -0.05) is 32.0 Å². The van der Waals surface area contributed by atoms with Crippen molar-refractivity contribution in [2.75, 3.05) is 50.4 Å². The smallest absolute Gasteiger partial charge is 0.317 e. The third-order valence-corrected chi connectivity index (χ3v) is 7.58. The zero-order chi connectivity index (χ0) is 28.8. The molecule has 1 aliphatic heterocycles. The first kappa shape index (κ1) is 27.8. The molecular weight excluding hydrogens is 518 g/mol. The molecule has 3 aromatic heterocycles. The van der Waals surface area contributed by atoms with Gasteiger partial charge in [-0.25, -0.2) is 19.7 Å². The number of nitrogens with one attached hydrogen (secondary N) is 4. The van der Waals surface area contributed by atoms with E-state index in [0.29, 0.717) is 31.7 Å². The van der Waals surface area contributed by atoms with Crippen molar-refractivity contribution >= 4 is 34.5 Å². The van der Waals surface area contributed by atoms with E-state index < -0.39 is 0 Å². The number of benzene rings is 1. The van der Waals surface area contributed by atoms with Crippen LogP contribution >= 0.6 is 0 Å². The van der Waals surface area contributed by atoms with Gasteiger partial charge in [0.05, 0.1) is 16.8 Å². The second kappa shape index (κ2) is 12.6. The lowest BCUT2D eigenvalue weighted by Crippen LogP contribution is -2.32. The van der Waals surface area contributed by atoms with Crippen LogP contribution in [0, 0.1) is 5.92 Å². The summed E-state index contributed by atoms with van der Waals surface area (Å²) in [5.74, 6) is 1.80. The summed E-state index contributed by atoms with van der Waals surface area (Å²) in [4.78, 5) is 43.8. The predicted molar refractivity (Wildman–Crippen MR) is 160 cm³/mol. The standard InChI is InChI=1S/C30H35N9O2/c1-19(20(2)22-5-4-6-23-24(29(40)31-3)9-10-33-28(22)23)16-35-27-15-25(37-18-38-27)21-7-8-26(36-17-21)32-11-13-39-14-12-34-30(39)41/h4-10,15,17-20H,11-14,16H2,1-3H3,(H,31,40)(H,32,36)(H,34,41)(H,35,37,38)/t19?,20-/m1/s1. The number of hydrogen-bond acceptors (Lipinski definition) is 8. The first-order valence-electron chi connectivity index (χ1n) is 13.8. The monoisotopic (exact) mass is 553 g/mol. The lowest BCUT2D eigenvalue weighted by molar-refractivity contribution is 0.0964. The molecule has 1 fully saturated rings. The first-order valence-corrected chi connectivity index (χ1v) is 13.8. The molecule has 4 heterocycles. The van der Waals surface area contributed by atoms with Crippen molar-refractivity contribution < 1.29 is 9.59 Å². The van der Waals surface area contributed by atoms with Gasteiger partial charge >= 0.3 is 6.03 Å². The van der Waals surface area contributed by atoms with Crippen molar-refractivity contribution in [3.63, 3.8) is 0 Å². The topological polar surface area (TPSA) is 137 Å². The molecule has 4 aromatic rings. The van der Waals surface area contributed by atoms with Gasteiger partial charge in [0, 0.05) is 69.2 Å². The highest BCUT2D eigenvalue weighted by molar-refractivity contribution is 6.06. The number of aromatic nitrogens is 4. The number of nitrogens with zero attached hydrogens (tertiary/aromatic N) is 5. The van der Waals surface area contributed by atoms with E-state index in [4.69, 9.17) is 0 Å². The van der Waals surface area contributed by atoms with E-state index in [2.05, 4.69) is 61.1 Å². The summed E-state index contributed by atoms with van der Waals surface area (Å²) >= 11 is 0. The van der Waals surface area contributed by atoms with E-state index in [9.17, 15) is 9.59 Å². The van der Waals surface area contributed by atoms with Gasteiger partial charge in [0.15, 0.2) is 0 Å². The number of carbonyl (C=O) groups is 2. The average Bonchev–Trinajstić information content (AvgIpc) is 3.43. The van der Waals surface area contributed by atoms with Crippen molar-refractivity contribution in [1.82, 2.24) is 35.5 Å². The van der Waals surface area contributed by atoms with Crippen LogP contribution in [0.5, 0.6) is 0 Å². The second-order valence-electron chi connectivity index (χ2n) is 10.2. The van der Waals surface area contributed by atoms with E-state index in [1.54, 1.807) is 36.7 Å². The van der Waals surface area contributed by atoms with Gasteiger partial charge in [-0.15, -0.1) is 0 Å². The highest BCUT2D eigenvalue weighted by atomic mass is 16.2. The third kappa shape index (κ3) is 6.34. The maximum atomic E-state index is 12.4. The summed E-state index contributed by atoms with van der Waals surface area (Å²) in [5, 5.41) is 13.1. The number of fused-ring (bicyclic) bond motifs is 1. The maximum Gasteiger partial charge on any atom is 0.317 e. The van der Waals surface area contributed by atoms with Crippen molar-refractivity contribution in [2.24, 2.45) is 5.92 Å². The van der Waals surface area contributed by atoms with Crippen LogP contribution in [0.15, 0.2) is 61.2 Å². The predicted octanol–water partition coefficient (Wildman–Crippen LogP) is 3.74. The Labute approximate surface area is 239 Å². The van der Waals surface area contributed by atoms with Crippen molar-refractivity contribution in [2.45, 2.75) is 19.8 Å².